The van der Waals surface area contributed by atoms with Crippen LogP contribution in [0.25, 0.3) is 0 Å². The van der Waals surface area contributed by atoms with E-state index in [-0.39, 0.29) is 12.1 Å². The Hall–Kier alpha value is -1.63. The van der Waals surface area contributed by atoms with E-state index in [0.29, 0.717) is 19.3 Å². The molecule has 1 aliphatic rings. The van der Waals surface area contributed by atoms with Crippen LogP contribution in [-0.2, 0) is 11.8 Å². The van der Waals surface area contributed by atoms with Crippen LogP contribution in [-0.4, -0.2) is 40.1 Å². The lowest BCUT2D eigenvalue weighted by Gasteiger charge is -2.22. The van der Waals surface area contributed by atoms with Crippen molar-refractivity contribution in [2.75, 3.05) is 13.2 Å². The molecule has 2 amide bonds. The van der Waals surface area contributed by atoms with Crippen LogP contribution < -0.4 is 10.6 Å². The van der Waals surface area contributed by atoms with Crippen molar-refractivity contribution < 1.29 is 9.53 Å². The molecule has 0 bridgehead atoms. The van der Waals surface area contributed by atoms with Crippen LogP contribution >= 0.6 is 0 Å². The molecular formula is C15H27N5O2. The zero-order valence-corrected chi connectivity index (χ0v) is 13.5. The Labute approximate surface area is 131 Å². The number of hydrogen-bond acceptors (Lipinski definition) is 4. The molecule has 1 atom stereocenters. The molecule has 0 unspecified atom stereocenters. The molecule has 0 aliphatic heterocycles. The van der Waals surface area contributed by atoms with Gasteiger partial charge >= 0.3 is 6.03 Å². The molecule has 22 heavy (non-hydrogen) atoms. The number of rotatable bonds is 7. The van der Waals surface area contributed by atoms with Gasteiger partial charge in [0.15, 0.2) is 5.82 Å². The Morgan fingerprint density at radius 1 is 1.45 bits per heavy atom. The third-order valence-electron chi connectivity index (χ3n) is 3.99. The average molecular weight is 309 g/mol. The smallest absolute Gasteiger partial charge is 0.315 e. The summed E-state index contributed by atoms with van der Waals surface area (Å²) in [5, 5.41) is 13.5. The highest BCUT2D eigenvalue weighted by Gasteiger charge is 2.14. The summed E-state index contributed by atoms with van der Waals surface area (Å²) in [6.45, 7) is 3.21. The molecule has 1 saturated carbocycles. The molecule has 2 rings (SSSR count). The normalized spacial score (nSPS) is 17.2. The zero-order chi connectivity index (χ0) is 15.8. The summed E-state index contributed by atoms with van der Waals surface area (Å²) >= 11 is 0. The standard InChI is InChI=1S/C15H27N5O2/c1-12(14-19-17-11-20(14)2)18-15(21)16-9-6-10-22-13-7-4-3-5-8-13/h11-13H,3-10H2,1-2H3,(H2,16,18,21)/t12-/m1/s1. The van der Waals surface area contributed by atoms with Crippen molar-refractivity contribution in [3.8, 4) is 0 Å². The summed E-state index contributed by atoms with van der Waals surface area (Å²) < 4.78 is 7.62. The Bertz CT molecular complexity index is 457. The van der Waals surface area contributed by atoms with E-state index in [2.05, 4.69) is 20.8 Å². The van der Waals surface area contributed by atoms with Crippen LogP contribution in [0.15, 0.2) is 6.33 Å². The first kappa shape index (κ1) is 16.7. The molecule has 2 N–H and O–H groups in total. The van der Waals surface area contributed by atoms with E-state index in [9.17, 15) is 4.79 Å². The van der Waals surface area contributed by atoms with Crippen molar-refractivity contribution in [3.05, 3.63) is 12.2 Å². The predicted octanol–water partition coefficient (Wildman–Crippen LogP) is 1.91. The van der Waals surface area contributed by atoms with Gasteiger partial charge in [-0.3, -0.25) is 0 Å². The molecule has 0 radical (unpaired) electrons. The van der Waals surface area contributed by atoms with Gasteiger partial charge in [-0.15, -0.1) is 10.2 Å². The number of carbonyl (C=O) groups is 1. The van der Waals surface area contributed by atoms with E-state index >= 15 is 0 Å². The molecule has 0 spiro atoms. The molecular weight excluding hydrogens is 282 g/mol. The van der Waals surface area contributed by atoms with Crippen LogP contribution in [0.2, 0.25) is 0 Å². The second-order valence-corrected chi connectivity index (χ2v) is 5.91. The zero-order valence-electron chi connectivity index (χ0n) is 13.5. The van der Waals surface area contributed by atoms with Crippen molar-refractivity contribution >= 4 is 6.03 Å². The second kappa shape index (κ2) is 8.73. The van der Waals surface area contributed by atoms with Crippen LogP contribution in [0, 0.1) is 0 Å². The third-order valence-corrected chi connectivity index (χ3v) is 3.99. The number of carbonyl (C=O) groups excluding carboxylic acids is 1. The predicted molar refractivity (Wildman–Crippen MR) is 83.4 cm³/mol. The van der Waals surface area contributed by atoms with Crippen molar-refractivity contribution in [1.82, 2.24) is 25.4 Å². The molecule has 0 aromatic carbocycles. The number of aromatic nitrogens is 3. The molecule has 1 aromatic heterocycles. The maximum absolute atomic E-state index is 11.8. The highest BCUT2D eigenvalue weighted by atomic mass is 16.5. The van der Waals surface area contributed by atoms with Crippen LogP contribution in [0.1, 0.15) is 57.3 Å². The highest BCUT2D eigenvalue weighted by Crippen LogP contribution is 2.20. The van der Waals surface area contributed by atoms with E-state index in [0.717, 1.165) is 12.2 Å². The minimum atomic E-state index is -0.187. The Kier molecular flexibility index (Phi) is 6.64. The first-order valence-electron chi connectivity index (χ1n) is 8.16. The largest absolute Gasteiger partial charge is 0.378 e. The fourth-order valence-corrected chi connectivity index (χ4v) is 2.75. The number of amides is 2. The summed E-state index contributed by atoms with van der Waals surface area (Å²) in [6.07, 6.45) is 9.16. The molecule has 7 heteroatoms. The van der Waals surface area contributed by atoms with Gasteiger partial charge in [0, 0.05) is 20.2 Å². The van der Waals surface area contributed by atoms with Crippen molar-refractivity contribution in [2.45, 2.75) is 57.6 Å². The number of hydrogen-bond donors (Lipinski definition) is 2. The maximum atomic E-state index is 11.8. The van der Waals surface area contributed by atoms with E-state index in [1.165, 1.54) is 32.1 Å². The molecule has 124 valence electrons. The molecule has 7 nitrogen and oxygen atoms in total. The lowest BCUT2D eigenvalue weighted by atomic mass is 9.98. The van der Waals surface area contributed by atoms with E-state index in [1.54, 1.807) is 10.9 Å². The number of urea groups is 1. The molecule has 1 heterocycles. The first-order chi connectivity index (χ1) is 10.7. The summed E-state index contributed by atoms with van der Waals surface area (Å²) in [5.74, 6) is 0.732. The van der Waals surface area contributed by atoms with Crippen LogP contribution in [0.5, 0.6) is 0 Å². The molecule has 1 aromatic rings. The van der Waals surface area contributed by atoms with Crippen LogP contribution in [0.3, 0.4) is 0 Å². The van der Waals surface area contributed by atoms with Crippen LogP contribution in [0.4, 0.5) is 4.79 Å². The molecule has 1 fully saturated rings. The molecule has 1 aliphatic carbocycles. The number of nitrogens with zero attached hydrogens (tertiary/aromatic N) is 3. The summed E-state index contributed by atoms with van der Waals surface area (Å²) in [5.41, 5.74) is 0. The quantitative estimate of drug-likeness (QED) is 0.754. The van der Waals surface area contributed by atoms with Crippen molar-refractivity contribution in [2.24, 2.45) is 7.05 Å². The summed E-state index contributed by atoms with van der Waals surface area (Å²) in [4.78, 5) is 11.8. The lowest BCUT2D eigenvalue weighted by molar-refractivity contribution is 0.0275. The number of nitrogens with one attached hydrogen (secondary N) is 2. The SMILES string of the molecule is C[C@@H](NC(=O)NCCCOC1CCCCC1)c1nncn1C. The van der Waals surface area contributed by atoms with Gasteiger partial charge in [0.05, 0.1) is 12.1 Å². The first-order valence-corrected chi connectivity index (χ1v) is 8.16. The van der Waals surface area contributed by atoms with E-state index < -0.39 is 0 Å². The number of aryl methyl sites for hydroxylation is 1. The van der Waals surface area contributed by atoms with Crippen molar-refractivity contribution in [1.29, 1.82) is 0 Å². The monoisotopic (exact) mass is 309 g/mol. The Balaban J connectivity index is 1.55. The maximum Gasteiger partial charge on any atom is 0.315 e. The summed E-state index contributed by atoms with van der Waals surface area (Å²) in [7, 11) is 1.86. The minimum absolute atomic E-state index is 0.175. The van der Waals surface area contributed by atoms with E-state index in [4.69, 9.17) is 4.74 Å². The Morgan fingerprint density at radius 3 is 2.91 bits per heavy atom. The fraction of sp³-hybridized carbons (Fsp3) is 0.800. The van der Waals surface area contributed by atoms with Gasteiger partial charge in [0.1, 0.15) is 6.33 Å². The van der Waals surface area contributed by atoms with Gasteiger partial charge in [-0.25, -0.2) is 4.79 Å². The van der Waals surface area contributed by atoms with Gasteiger partial charge in [-0.2, -0.15) is 0 Å². The lowest BCUT2D eigenvalue weighted by Crippen LogP contribution is -2.38. The van der Waals surface area contributed by atoms with Gasteiger partial charge in [0.25, 0.3) is 0 Å². The van der Waals surface area contributed by atoms with Gasteiger partial charge in [0.2, 0.25) is 0 Å². The Morgan fingerprint density at radius 2 is 2.23 bits per heavy atom. The highest BCUT2D eigenvalue weighted by molar-refractivity contribution is 5.74. The minimum Gasteiger partial charge on any atom is -0.378 e. The topological polar surface area (TPSA) is 81.1 Å². The van der Waals surface area contributed by atoms with Crippen molar-refractivity contribution in [3.63, 3.8) is 0 Å². The third kappa shape index (κ3) is 5.29. The summed E-state index contributed by atoms with van der Waals surface area (Å²) in [6, 6.07) is -0.362. The second-order valence-electron chi connectivity index (χ2n) is 5.91. The molecule has 0 saturated heterocycles. The fourth-order valence-electron chi connectivity index (χ4n) is 2.75. The number of ether oxygens (including phenoxy) is 1. The van der Waals surface area contributed by atoms with E-state index in [1.807, 2.05) is 14.0 Å². The van der Waals surface area contributed by atoms with Gasteiger partial charge < -0.3 is 19.9 Å². The average Bonchev–Trinajstić information content (AvgIpc) is 2.94. The van der Waals surface area contributed by atoms with Gasteiger partial charge in [-0.1, -0.05) is 19.3 Å². The van der Waals surface area contributed by atoms with Gasteiger partial charge in [-0.05, 0) is 26.2 Å².